The minimum absolute atomic E-state index is 0.819. The van der Waals surface area contributed by atoms with Gasteiger partial charge in [0.25, 0.3) is 0 Å². The van der Waals surface area contributed by atoms with E-state index in [4.69, 9.17) is 14.2 Å². The Kier molecular flexibility index (Phi) is 4.32. The quantitative estimate of drug-likeness (QED) is 0.769. The van der Waals surface area contributed by atoms with Gasteiger partial charge >= 0.3 is 5.97 Å². The lowest BCUT2D eigenvalue weighted by Crippen LogP contribution is -2.32. The highest BCUT2D eigenvalue weighted by atomic mass is 16.9. The van der Waals surface area contributed by atoms with Crippen molar-refractivity contribution in [3.8, 4) is 11.1 Å². The van der Waals surface area contributed by atoms with Crippen LogP contribution in [0.5, 0.6) is 0 Å². The number of hydrogen-bond donors (Lipinski definition) is 0. The molecular formula is C16H18O3. The van der Waals surface area contributed by atoms with Crippen molar-refractivity contribution in [2.24, 2.45) is 0 Å². The highest BCUT2D eigenvalue weighted by molar-refractivity contribution is 5.63. The molecule has 0 aliphatic rings. The van der Waals surface area contributed by atoms with Crippen LogP contribution in [-0.4, -0.2) is 21.3 Å². The van der Waals surface area contributed by atoms with E-state index >= 15 is 0 Å². The number of benzene rings is 2. The van der Waals surface area contributed by atoms with Gasteiger partial charge in [0, 0.05) is 26.9 Å². The zero-order valence-corrected chi connectivity index (χ0v) is 11.4. The largest absolute Gasteiger partial charge is 0.327 e. The molecule has 2 aromatic carbocycles. The Bertz CT molecular complexity index is 493. The van der Waals surface area contributed by atoms with Gasteiger partial charge in [-0.2, -0.15) is 0 Å². The van der Waals surface area contributed by atoms with E-state index < -0.39 is 5.97 Å². The van der Waals surface area contributed by atoms with Gasteiger partial charge in [-0.1, -0.05) is 54.6 Å². The van der Waals surface area contributed by atoms with Crippen molar-refractivity contribution in [1.82, 2.24) is 0 Å². The average molecular weight is 258 g/mol. The Hall–Kier alpha value is -1.68. The third kappa shape index (κ3) is 2.68. The molecule has 0 fully saturated rings. The van der Waals surface area contributed by atoms with E-state index in [2.05, 4.69) is 12.1 Å². The minimum atomic E-state index is -1.14. The van der Waals surface area contributed by atoms with Crippen LogP contribution in [0.3, 0.4) is 0 Å². The summed E-state index contributed by atoms with van der Waals surface area (Å²) < 4.78 is 16.0. The van der Waals surface area contributed by atoms with Crippen molar-refractivity contribution in [2.45, 2.75) is 5.97 Å². The van der Waals surface area contributed by atoms with Crippen LogP contribution in [0.15, 0.2) is 54.6 Å². The van der Waals surface area contributed by atoms with Gasteiger partial charge in [-0.3, -0.25) is 0 Å². The van der Waals surface area contributed by atoms with Crippen molar-refractivity contribution in [3.63, 3.8) is 0 Å². The van der Waals surface area contributed by atoms with Crippen LogP contribution in [0.25, 0.3) is 11.1 Å². The Balaban J connectivity index is 2.33. The Morgan fingerprint density at radius 3 is 1.58 bits per heavy atom. The molecule has 0 bridgehead atoms. The van der Waals surface area contributed by atoms with Crippen molar-refractivity contribution in [1.29, 1.82) is 0 Å². The van der Waals surface area contributed by atoms with Crippen LogP contribution in [0.4, 0.5) is 0 Å². The van der Waals surface area contributed by atoms with E-state index in [1.165, 1.54) is 5.56 Å². The molecule has 0 unspecified atom stereocenters. The van der Waals surface area contributed by atoms with Gasteiger partial charge in [0.15, 0.2) is 0 Å². The fourth-order valence-corrected chi connectivity index (χ4v) is 2.10. The van der Waals surface area contributed by atoms with E-state index in [0.717, 1.165) is 11.1 Å². The zero-order valence-electron chi connectivity index (χ0n) is 11.4. The first-order chi connectivity index (χ1) is 9.25. The van der Waals surface area contributed by atoms with Gasteiger partial charge in [0.05, 0.1) is 0 Å². The molecule has 2 rings (SSSR count). The molecule has 0 saturated carbocycles. The molecule has 0 saturated heterocycles. The van der Waals surface area contributed by atoms with E-state index in [1.54, 1.807) is 21.3 Å². The topological polar surface area (TPSA) is 27.7 Å². The Morgan fingerprint density at radius 2 is 1.11 bits per heavy atom. The second-order valence-electron chi connectivity index (χ2n) is 4.11. The molecule has 0 aliphatic carbocycles. The van der Waals surface area contributed by atoms with Gasteiger partial charge in [0.1, 0.15) is 0 Å². The lowest BCUT2D eigenvalue weighted by Gasteiger charge is -2.29. The van der Waals surface area contributed by atoms with Crippen molar-refractivity contribution >= 4 is 0 Å². The first-order valence-corrected chi connectivity index (χ1v) is 6.07. The average Bonchev–Trinajstić information content (AvgIpc) is 2.51. The summed E-state index contributed by atoms with van der Waals surface area (Å²) in [7, 11) is 4.66. The minimum Gasteiger partial charge on any atom is -0.327 e. The third-order valence-electron chi connectivity index (χ3n) is 3.15. The lowest BCUT2D eigenvalue weighted by molar-refractivity contribution is -0.364. The van der Waals surface area contributed by atoms with E-state index in [0.29, 0.717) is 0 Å². The van der Waals surface area contributed by atoms with Gasteiger partial charge in [-0.05, 0) is 11.1 Å². The van der Waals surface area contributed by atoms with Crippen LogP contribution in [0.1, 0.15) is 5.56 Å². The molecule has 2 aromatic rings. The lowest BCUT2D eigenvalue weighted by atomic mass is 10.0. The summed E-state index contributed by atoms with van der Waals surface area (Å²) in [6.45, 7) is 0. The van der Waals surface area contributed by atoms with E-state index in [1.807, 2.05) is 42.5 Å². The molecule has 3 heteroatoms. The van der Waals surface area contributed by atoms with E-state index in [-0.39, 0.29) is 0 Å². The molecule has 0 spiro atoms. The van der Waals surface area contributed by atoms with Crippen LogP contribution in [-0.2, 0) is 20.2 Å². The fraction of sp³-hybridized carbons (Fsp3) is 0.250. The predicted molar refractivity (Wildman–Crippen MR) is 74.6 cm³/mol. The Morgan fingerprint density at radius 1 is 0.632 bits per heavy atom. The Labute approximate surface area is 113 Å². The number of rotatable bonds is 5. The normalized spacial score (nSPS) is 11.5. The fourth-order valence-electron chi connectivity index (χ4n) is 2.10. The van der Waals surface area contributed by atoms with Gasteiger partial charge in [-0.15, -0.1) is 0 Å². The number of ether oxygens (including phenoxy) is 3. The standard InChI is InChI=1S/C16H18O3/c1-17-16(18-2,19-3)15-11-9-14(10-12-15)13-7-5-4-6-8-13/h4-12H,1-3H3. The second-order valence-corrected chi connectivity index (χ2v) is 4.11. The maximum Gasteiger partial charge on any atom is 0.311 e. The second kappa shape index (κ2) is 5.97. The van der Waals surface area contributed by atoms with Crippen molar-refractivity contribution in [2.75, 3.05) is 21.3 Å². The first kappa shape index (κ1) is 13.7. The highest BCUT2D eigenvalue weighted by Crippen LogP contribution is 2.29. The molecule has 0 radical (unpaired) electrons. The summed E-state index contributed by atoms with van der Waals surface area (Å²) in [6.07, 6.45) is 0. The summed E-state index contributed by atoms with van der Waals surface area (Å²) in [6, 6.07) is 18.1. The molecule has 0 aromatic heterocycles. The maximum atomic E-state index is 5.32. The predicted octanol–water partition coefficient (Wildman–Crippen LogP) is 3.40. The van der Waals surface area contributed by atoms with Gasteiger partial charge in [-0.25, -0.2) is 0 Å². The smallest absolute Gasteiger partial charge is 0.311 e. The van der Waals surface area contributed by atoms with Gasteiger partial charge < -0.3 is 14.2 Å². The molecule has 3 nitrogen and oxygen atoms in total. The molecule has 0 N–H and O–H groups in total. The summed E-state index contributed by atoms with van der Waals surface area (Å²) >= 11 is 0. The summed E-state index contributed by atoms with van der Waals surface area (Å²) in [5.74, 6) is -1.14. The summed E-state index contributed by atoms with van der Waals surface area (Å²) in [5.41, 5.74) is 3.13. The summed E-state index contributed by atoms with van der Waals surface area (Å²) in [5, 5.41) is 0. The molecule has 19 heavy (non-hydrogen) atoms. The molecule has 0 amide bonds. The maximum absolute atomic E-state index is 5.32. The number of methoxy groups -OCH3 is 3. The SMILES string of the molecule is COC(OC)(OC)c1ccc(-c2ccccc2)cc1. The van der Waals surface area contributed by atoms with Gasteiger partial charge in [0.2, 0.25) is 0 Å². The summed E-state index contributed by atoms with van der Waals surface area (Å²) in [4.78, 5) is 0. The monoisotopic (exact) mass is 258 g/mol. The molecule has 100 valence electrons. The zero-order chi connectivity index (χ0) is 13.7. The van der Waals surface area contributed by atoms with Crippen molar-refractivity contribution < 1.29 is 14.2 Å². The third-order valence-corrected chi connectivity index (χ3v) is 3.15. The van der Waals surface area contributed by atoms with Crippen molar-refractivity contribution in [3.05, 3.63) is 60.2 Å². The first-order valence-electron chi connectivity index (χ1n) is 6.07. The highest BCUT2D eigenvalue weighted by Gasteiger charge is 2.32. The molecular weight excluding hydrogens is 240 g/mol. The van der Waals surface area contributed by atoms with E-state index in [9.17, 15) is 0 Å². The number of hydrogen-bond acceptors (Lipinski definition) is 3. The van der Waals surface area contributed by atoms with Crippen LogP contribution >= 0.6 is 0 Å². The van der Waals surface area contributed by atoms with Crippen LogP contribution < -0.4 is 0 Å². The molecule has 0 heterocycles. The molecule has 0 atom stereocenters. The molecule has 0 aliphatic heterocycles. The van der Waals surface area contributed by atoms with Crippen LogP contribution in [0, 0.1) is 0 Å². The van der Waals surface area contributed by atoms with Crippen LogP contribution in [0.2, 0.25) is 0 Å².